The number of likely N-dealkylation sites (N-methyl/N-ethyl adjacent to an activating group) is 1. The quantitative estimate of drug-likeness (QED) is 0.697. The summed E-state index contributed by atoms with van der Waals surface area (Å²) in [6.45, 7) is 0.0125. The van der Waals surface area contributed by atoms with Gasteiger partial charge in [0.05, 0.1) is 6.54 Å². The summed E-state index contributed by atoms with van der Waals surface area (Å²) in [5, 5.41) is 2.71. The van der Waals surface area contributed by atoms with Gasteiger partial charge in [0.15, 0.2) is 0 Å². The predicted octanol–water partition coefficient (Wildman–Crippen LogP) is 4.35. The van der Waals surface area contributed by atoms with Gasteiger partial charge in [-0.2, -0.15) is 0 Å². The lowest BCUT2D eigenvalue weighted by Gasteiger charge is -2.60. The van der Waals surface area contributed by atoms with Gasteiger partial charge in [-0.3, -0.25) is 9.59 Å². The van der Waals surface area contributed by atoms with Crippen molar-refractivity contribution in [2.75, 3.05) is 18.9 Å². The molecule has 0 radical (unpaired) electrons. The topological polar surface area (TPSA) is 49.4 Å². The Hall–Kier alpha value is -1.43. The van der Waals surface area contributed by atoms with Crippen LogP contribution in [0.5, 0.6) is 0 Å². The lowest BCUT2D eigenvalue weighted by atomic mass is 9.48. The number of anilines is 1. The molecule has 4 saturated carbocycles. The van der Waals surface area contributed by atoms with E-state index in [9.17, 15) is 14.0 Å². The Morgan fingerprint density at radius 3 is 2.41 bits per heavy atom. The molecule has 2 atom stereocenters. The van der Waals surface area contributed by atoms with Gasteiger partial charge in [-0.25, -0.2) is 4.39 Å². The van der Waals surface area contributed by atoms with Crippen LogP contribution in [-0.4, -0.2) is 34.6 Å². The van der Waals surface area contributed by atoms with E-state index in [1.807, 2.05) is 0 Å². The fraction of sp³-hybridized carbons (Fsp3) is 0.619. The lowest BCUT2D eigenvalue weighted by molar-refractivity contribution is -0.139. The molecule has 4 fully saturated rings. The molecule has 5 rings (SSSR count). The maximum atomic E-state index is 13.0. The Bertz CT molecular complexity index is 737. The standard InChI is InChI=1S/C21H26BrFN2O2/c1-25(12-18(26)24-17-4-2-16(23)3-5-17)19(27)11-20-7-14-6-15(8-20)10-21(22,9-14)13-20/h2-5,14-15H,6-13H2,1H3,(H,24,26)/t14-,15-,20?,21?/m1/s1. The smallest absolute Gasteiger partial charge is 0.243 e. The fourth-order valence-electron chi connectivity index (χ4n) is 6.04. The summed E-state index contributed by atoms with van der Waals surface area (Å²) in [5.41, 5.74) is 0.636. The van der Waals surface area contributed by atoms with Gasteiger partial charge < -0.3 is 10.2 Å². The second-order valence-corrected chi connectivity index (χ2v) is 10.8. The largest absolute Gasteiger partial charge is 0.336 e. The second kappa shape index (κ2) is 6.87. The lowest BCUT2D eigenvalue weighted by Crippen LogP contribution is -2.54. The number of carbonyl (C=O) groups excluding carboxylic acids is 2. The third-order valence-electron chi connectivity index (χ3n) is 6.57. The maximum Gasteiger partial charge on any atom is 0.243 e. The number of nitrogens with zero attached hydrogens (tertiary/aromatic N) is 1. The molecule has 2 amide bonds. The van der Waals surface area contributed by atoms with E-state index >= 15 is 0 Å². The van der Waals surface area contributed by atoms with Gasteiger partial charge in [-0.05, 0) is 80.0 Å². The summed E-state index contributed by atoms with van der Waals surface area (Å²) in [6, 6.07) is 5.63. The molecule has 1 aromatic carbocycles. The van der Waals surface area contributed by atoms with E-state index in [0.717, 1.165) is 31.1 Å². The predicted molar refractivity (Wildman–Crippen MR) is 106 cm³/mol. The molecule has 0 saturated heterocycles. The first-order chi connectivity index (χ1) is 12.7. The average Bonchev–Trinajstić information content (AvgIpc) is 2.54. The van der Waals surface area contributed by atoms with Crippen molar-refractivity contribution in [3.63, 3.8) is 0 Å². The van der Waals surface area contributed by atoms with Crippen molar-refractivity contribution in [3.05, 3.63) is 30.1 Å². The van der Waals surface area contributed by atoms with Crippen molar-refractivity contribution in [3.8, 4) is 0 Å². The number of alkyl halides is 1. The minimum absolute atomic E-state index is 0.0125. The van der Waals surface area contributed by atoms with E-state index < -0.39 is 0 Å². The zero-order chi connectivity index (χ0) is 19.2. The van der Waals surface area contributed by atoms with Crippen LogP contribution in [0.2, 0.25) is 0 Å². The summed E-state index contributed by atoms with van der Waals surface area (Å²) in [5.74, 6) is 0.915. The number of nitrogens with one attached hydrogen (secondary N) is 1. The monoisotopic (exact) mass is 436 g/mol. The average molecular weight is 437 g/mol. The van der Waals surface area contributed by atoms with E-state index in [1.54, 1.807) is 7.05 Å². The van der Waals surface area contributed by atoms with Crippen molar-refractivity contribution in [1.29, 1.82) is 0 Å². The number of hydrogen-bond donors (Lipinski definition) is 1. The summed E-state index contributed by atoms with van der Waals surface area (Å²) < 4.78 is 13.2. The van der Waals surface area contributed by atoms with Crippen molar-refractivity contribution in [1.82, 2.24) is 4.90 Å². The van der Waals surface area contributed by atoms with Crippen LogP contribution in [0.15, 0.2) is 24.3 Å². The highest BCUT2D eigenvalue weighted by atomic mass is 79.9. The molecule has 4 aliphatic rings. The van der Waals surface area contributed by atoms with Crippen molar-refractivity contribution in [2.45, 2.75) is 49.3 Å². The first kappa shape index (κ1) is 18.9. The molecule has 27 heavy (non-hydrogen) atoms. The Morgan fingerprint density at radius 2 is 1.81 bits per heavy atom. The van der Waals surface area contributed by atoms with Crippen LogP contribution in [0.4, 0.5) is 10.1 Å². The van der Waals surface area contributed by atoms with Gasteiger partial charge in [-0.1, -0.05) is 15.9 Å². The van der Waals surface area contributed by atoms with Crippen LogP contribution < -0.4 is 5.32 Å². The number of carbonyl (C=O) groups is 2. The highest BCUT2D eigenvalue weighted by Crippen LogP contribution is 2.65. The fourth-order valence-corrected chi connectivity index (χ4v) is 7.55. The van der Waals surface area contributed by atoms with Crippen LogP contribution in [-0.2, 0) is 9.59 Å². The van der Waals surface area contributed by atoms with Crippen molar-refractivity contribution in [2.24, 2.45) is 17.3 Å². The molecular weight excluding hydrogens is 411 g/mol. The Morgan fingerprint density at radius 1 is 1.19 bits per heavy atom. The Labute approximate surface area is 168 Å². The van der Waals surface area contributed by atoms with E-state index in [4.69, 9.17) is 0 Å². The first-order valence-electron chi connectivity index (χ1n) is 9.73. The van der Waals surface area contributed by atoms with Crippen molar-refractivity contribution >= 4 is 33.4 Å². The molecular formula is C21H26BrFN2O2. The number of rotatable bonds is 5. The highest BCUT2D eigenvalue weighted by Gasteiger charge is 2.57. The van der Waals surface area contributed by atoms with Crippen LogP contribution in [0.3, 0.4) is 0 Å². The van der Waals surface area contributed by atoms with Gasteiger partial charge >= 0.3 is 0 Å². The molecule has 4 aliphatic carbocycles. The molecule has 0 heterocycles. The van der Waals surface area contributed by atoms with Crippen LogP contribution in [0, 0.1) is 23.1 Å². The van der Waals surface area contributed by atoms with Gasteiger partial charge in [0.25, 0.3) is 0 Å². The maximum absolute atomic E-state index is 13.0. The molecule has 0 spiro atoms. The molecule has 0 aliphatic heterocycles. The van der Waals surface area contributed by atoms with E-state index in [-0.39, 0.29) is 33.9 Å². The minimum atomic E-state index is -0.347. The van der Waals surface area contributed by atoms with E-state index in [0.29, 0.717) is 12.1 Å². The zero-order valence-electron chi connectivity index (χ0n) is 15.6. The van der Waals surface area contributed by atoms with E-state index in [2.05, 4.69) is 21.2 Å². The Balaban J connectivity index is 1.34. The number of benzene rings is 1. The molecule has 4 bridgehead atoms. The molecule has 0 aromatic heterocycles. The van der Waals surface area contributed by atoms with Crippen molar-refractivity contribution < 1.29 is 14.0 Å². The van der Waals surface area contributed by atoms with Crippen LogP contribution in [0.1, 0.15) is 44.9 Å². The summed E-state index contributed by atoms with van der Waals surface area (Å²) in [7, 11) is 1.69. The molecule has 146 valence electrons. The molecule has 1 aromatic rings. The van der Waals surface area contributed by atoms with Gasteiger partial charge in [0.2, 0.25) is 11.8 Å². The van der Waals surface area contributed by atoms with E-state index in [1.165, 1.54) is 48.4 Å². The molecule has 1 N–H and O–H groups in total. The summed E-state index contributed by atoms with van der Waals surface area (Å²) >= 11 is 3.99. The van der Waals surface area contributed by atoms with Gasteiger partial charge in [-0.15, -0.1) is 0 Å². The zero-order valence-corrected chi connectivity index (χ0v) is 17.2. The Kier molecular flexibility index (Phi) is 4.81. The van der Waals surface area contributed by atoms with Gasteiger partial charge in [0, 0.05) is 23.5 Å². The molecule has 0 unspecified atom stereocenters. The normalized spacial score (nSPS) is 33.7. The summed E-state index contributed by atoms with van der Waals surface area (Å²) in [6.07, 6.45) is 7.72. The highest BCUT2D eigenvalue weighted by molar-refractivity contribution is 9.10. The first-order valence-corrected chi connectivity index (χ1v) is 10.5. The van der Waals surface area contributed by atoms with Crippen LogP contribution in [0.25, 0.3) is 0 Å². The van der Waals surface area contributed by atoms with Gasteiger partial charge in [0.1, 0.15) is 5.82 Å². The SMILES string of the molecule is CN(CC(=O)Nc1ccc(F)cc1)C(=O)CC12C[C@H]3C[C@@H](CC(Br)(C3)C1)C2. The number of halogens is 2. The van der Waals surface area contributed by atoms with Crippen LogP contribution >= 0.6 is 15.9 Å². The third-order valence-corrected chi connectivity index (χ3v) is 7.50. The number of hydrogen-bond acceptors (Lipinski definition) is 2. The summed E-state index contributed by atoms with van der Waals surface area (Å²) in [4.78, 5) is 26.6. The number of amides is 2. The minimum Gasteiger partial charge on any atom is -0.336 e. The molecule has 6 heteroatoms. The second-order valence-electron chi connectivity index (χ2n) is 9.09. The third kappa shape index (κ3) is 4.05. The molecule has 4 nitrogen and oxygen atoms in total.